The van der Waals surface area contributed by atoms with Crippen molar-refractivity contribution in [3.05, 3.63) is 62.1 Å². The van der Waals surface area contributed by atoms with Gasteiger partial charge < -0.3 is 15.4 Å². The summed E-state index contributed by atoms with van der Waals surface area (Å²) in [7, 11) is 0. The molecule has 0 saturated carbocycles. The third-order valence-electron chi connectivity index (χ3n) is 4.04. The molecule has 0 aliphatic carbocycles. The van der Waals surface area contributed by atoms with Gasteiger partial charge in [0.25, 0.3) is 11.6 Å². The standard InChI is InChI=1S/C20H20BrN3O6/c1-12-9-17(13(2)8-16(12)21)23-19(26)11-30-20(27)7-6-18(25)22-14-4-3-5-15(10-14)24(28)29/h3-5,8-10H,6-7,11H2,1-2H3,(H,22,25)(H,23,26). The molecule has 0 aliphatic rings. The topological polar surface area (TPSA) is 128 Å². The molecule has 0 bridgehead atoms. The molecule has 30 heavy (non-hydrogen) atoms. The number of nitro benzene ring substituents is 1. The van der Waals surface area contributed by atoms with Crippen molar-refractivity contribution in [2.24, 2.45) is 0 Å². The number of nitrogens with zero attached hydrogens (tertiary/aromatic N) is 1. The van der Waals surface area contributed by atoms with Gasteiger partial charge in [0.2, 0.25) is 5.91 Å². The van der Waals surface area contributed by atoms with Crippen molar-refractivity contribution in [3.8, 4) is 0 Å². The Morgan fingerprint density at radius 1 is 1.03 bits per heavy atom. The van der Waals surface area contributed by atoms with Gasteiger partial charge in [0.1, 0.15) is 0 Å². The maximum Gasteiger partial charge on any atom is 0.306 e. The molecule has 2 N–H and O–H groups in total. The third-order valence-corrected chi connectivity index (χ3v) is 4.90. The molecule has 158 valence electrons. The Bertz CT molecular complexity index is 993. The van der Waals surface area contributed by atoms with E-state index in [9.17, 15) is 24.5 Å². The van der Waals surface area contributed by atoms with E-state index in [1.807, 2.05) is 19.9 Å². The van der Waals surface area contributed by atoms with E-state index < -0.39 is 29.3 Å². The molecule has 9 nitrogen and oxygen atoms in total. The van der Waals surface area contributed by atoms with Crippen LogP contribution >= 0.6 is 15.9 Å². The minimum absolute atomic E-state index is 0.158. The van der Waals surface area contributed by atoms with E-state index in [4.69, 9.17) is 4.74 Å². The molecule has 0 unspecified atom stereocenters. The van der Waals surface area contributed by atoms with Gasteiger partial charge in [-0.2, -0.15) is 0 Å². The monoisotopic (exact) mass is 477 g/mol. The number of amides is 2. The molecule has 2 aromatic rings. The number of aryl methyl sites for hydroxylation is 2. The summed E-state index contributed by atoms with van der Waals surface area (Å²) in [6.45, 7) is 3.25. The van der Waals surface area contributed by atoms with Crippen LogP contribution in [0.4, 0.5) is 17.1 Å². The maximum atomic E-state index is 12.0. The summed E-state index contributed by atoms with van der Waals surface area (Å²) in [4.78, 5) is 45.9. The van der Waals surface area contributed by atoms with Crippen molar-refractivity contribution in [3.63, 3.8) is 0 Å². The number of hydrogen-bond acceptors (Lipinski definition) is 6. The van der Waals surface area contributed by atoms with Crippen molar-refractivity contribution in [1.29, 1.82) is 0 Å². The van der Waals surface area contributed by atoms with Gasteiger partial charge in [-0.05, 0) is 43.2 Å². The van der Waals surface area contributed by atoms with Gasteiger partial charge in [0.05, 0.1) is 11.3 Å². The SMILES string of the molecule is Cc1cc(NC(=O)COC(=O)CCC(=O)Nc2cccc([N+](=O)[O-])c2)c(C)cc1Br. The molecule has 10 heteroatoms. The average molecular weight is 478 g/mol. The molecule has 0 saturated heterocycles. The number of esters is 1. The molecular weight excluding hydrogens is 458 g/mol. The van der Waals surface area contributed by atoms with Gasteiger partial charge in [-0.25, -0.2) is 0 Å². The number of nitrogens with one attached hydrogen (secondary N) is 2. The van der Waals surface area contributed by atoms with Crippen molar-refractivity contribution in [1.82, 2.24) is 0 Å². The van der Waals surface area contributed by atoms with Crippen LogP contribution in [0.2, 0.25) is 0 Å². The van der Waals surface area contributed by atoms with Crippen molar-refractivity contribution >= 4 is 50.8 Å². The fourth-order valence-electron chi connectivity index (χ4n) is 2.46. The summed E-state index contributed by atoms with van der Waals surface area (Å²) in [6.07, 6.45) is -0.418. The first-order valence-electron chi connectivity index (χ1n) is 8.92. The average Bonchev–Trinajstić information content (AvgIpc) is 2.69. The smallest absolute Gasteiger partial charge is 0.306 e. The molecular formula is C20H20BrN3O6. The van der Waals surface area contributed by atoms with Gasteiger partial charge >= 0.3 is 5.97 Å². The second-order valence-electron chi connectivity index (χ2n) is 6.48. The van der Waals surface area contributed by atoms with Crippen LogP contribution in [0, 0.1) is 24.0 Å². The van der Waals surface area contributed by atoms with Crippen LogP contribution in [0.5, 0.6) is 0 Å². The fraction of sp³-hybridized carbons (Fsp3) is 0.250. The number of ether oxygens (including phenoxy) is 1. The minimum Gasteiger partial charge on any atom is -0.456 e. The van der Waals surface area contributed by atoms with E-state index >= 15 is 0 Å². The Balaban J connectivity index is 1.76. The number of nitro groups is 1. The number of hydrogen-bond donors (Lipinski definition) is 2. The lowest BCUT2D eigenvalue weighted by atomic mass is 10.1. The van der Waals surface area contributed by atoms with E-state index in [2.05, 4.69) is 26.6 Å². The number of anilines is 2. The molecule has 0 aromatic heterocycles. The summed E-state index contributed by atoms with van der Waals surface area (Å²) >= 11 is 3.41. The highest BCUT2D eigenvalue weighted by Crippen LogP contribution is 2.24. The Kier molecular flexibility index (Phi) is 8.05. The summed E-state index contributed by atoms with van der Waals surface area (Å²) < 4.78 is 5.82. The van der Waals surface area contributed by atoms with Crippen LogP contribution in [0.15, 0.2) is 40.9 Å². The maximum absolute atomic E-state index is 12.0. The molecule has 0 heterocycles. The second kappa shape index (κ2) is 10.5. The van der Waals surface area contributed by atoms with Crippen molar-refractivity contribution in [2.45, 2.75) is 26.7 Å². The van der Waals surface area contributed by atoms with E-state index in [1.165, 1.54) is 24.3 Å². The predicted octanol–water partition coefficient (Wildman–Crippen LogP) is 3.87. The quantitative estimate of drug-likeness (QED) is 0.337. The number of halogens is 1. The highest BCUT2D eigenvalue weighted by molar-refractivity contribution is 9.10. The Hall–Kier alpha value is -3.27. The summed E-state index contributed by atoms with van der Waals surface area (Å²) in [5, 5.41) is 15.9. The molecule has 0 atom stereocenters. The molecule has 2 amide bonds. The highest BCUT2D eigenvalue weighted by Gasteiger charge is 2.13. The number of rotatable bonds is 8. The van der Waals surface area contributed by atoms with Crippen LogP contribution in [-0.2, 0) is 19.1 Å². The van der Waals surface area contributed by atoms with Gasteiger partial charge in [-0.1, -0.05) is 22.0 Å². The lowest BCUT2D eigenvalue weighted by molar-refractivity contribution is -0.384. The molecule has 0 spiro atoms. The summed E-state index contributed by atoms with van der Waals surface area (Å²) in [5.74, 6) is -1.70. The number of carbonyl (C=O) groups excluding carboxylic acids is 3. The minimum atomic E-state index is -0.706. The van der Waals surface area contributed by atoms with Crippen molar-refractivity contribution < 1.29 is 24.0 Å². The lowest BCUT2D eigenvalue weighted by Crippen LogP contribution is -2.22. The van der Waals surface area contributed by atoms with Gasteiger partial charge in [0.15, 0.2) is 6.61 Å². The van der Waals surface area contributed by atoms with Gasteiger partial charge in [-0.15, -0.1) is 0 Å². The zero-order chi connectivity index (χ0) is 22.3. The Morgan fingerprint density at radius 2 is 1.77 bits per heavy atom. The van der Waals surface area contributed by atoms with E-state index in [0.29, 0.717) is 5.69 Å². The van der Waals surface area contributed by atoms with Crippen LogP contribution in [0.3, 0.4) is 0 Å². The Morgan fingerprint density at radius 3 is 2.47 bits per heavy atom. The normalized spacial score (nSPS) is 10.2. The summed E-state index contributed by atoms with van der Waals surface area (Å²) in [5.41, 5.74) is 2.51. The lowest BCUT2D eigenvalue weighted by Gasteiger charge is -2.11. The first kappa shape index (κ1) is 23.0. The van der Waals surface area contributed by atoms with Crippen molar-refractivity contribution in [2.75, 3.05) is 17.2 Å². The molecule has 2 rings (SSSR count). The first-order valence-corrected chi connectivity index (χ1v) is 9.71. The predicted molar refractivity (Wildman–Crippen MR) is 114 cm³/mol. The summed E-state index contributed by atoms with van der Waals surface area (Å²) in [6, 6.07) is 9.13. The molecule has 0 radical (unpaired) electrons. The Labute approximate surface area is 181 Å². The molecule has 0 fully saturated rings. The highest BCUT2D eigenvalue weighted by atomic mass is 79.9. The van der Waals surface area contributed by atoms with Crippen LogP contribution < -0.4 is 10.6 Å². The second-order valence-corrected chi connectivity index (χ2v) is 7.34. The van der Waals surface area contributed by atoms with E-state index in [0.717, 1.165) is 15.6 Å². The zero-order valence-corrected chi connectivity index (χ0v) is 17.9. The largest absolute Gasteiger partial charge is 0.456 e. The molecule has 0 aliphatic heterocycles. The number of non-ortho nitro benzene ring substituents is 1. The zero-order valence-electron chi connectivity index (χ0n) is 16.4. The van der Waals surface area contributed by atoms with Crippen LogP contribution in [-0.4, -0.2) is 29.3 Å². The fourth-order valence-corrected chi connectivity index (χ4v) is 2.91. The van der Waals surface area contributed by atoms with Crippen LogP contribution in [0.25, 0.3) is 0 Å². The third kappa shape index (κ3) is 6.96. The first-order chi connectivity index (χ1) is 14.2. The number of carbonyl (C=O) groups is 3. The van der Waals surface area contributed by atoms with Crippen LogP contribution in [0.1, 0.15) is 24.0 Å². The van der Waals surface area contributed by atoms with E-state index in [1.54, 1.807) is 6.07 Å². The van der Waals surface area contributed by atoms with E-state index in [-0.39, 0.29) is 24.2 Å². The van der Waals surface area contributed by atoms with Gasteiger partial charge in [-0.3, -0.25) is 24.5 Å². The number of benzene rings is 2. The molecule has 2 aromatic carbocycles. The van der Waals surface area contributed by atoms with Gasteiger partial charge in [0, 0.05) is 34.4 Å².